The Hall–Kier alpha value is -2.83. The highest BCUT2D eigenvalue weighted by molar-refractivity contribution is 5.96. The summed E-state index contributed by atoms with van der Waals surface area (Å²) in [6.45, 7) is 1.54. The van der Waals surface area contributed by atoms with E-state index in [1.54, 1.807) is 18.2 Å². The first-order valence-electron chi connectivity index (χ1n) is 7.90. The molecule has 2 aromatic rings. The minimum atomic E-state index is -0.885. The van der Waals surface area contributed by atoms with E-state index in [4.69, 9.17) is 4.74 Å². The van der Waals surface area contributed by atoms with Crippen molar-refractivity contribution < 1.29 is 14.3 Å². The monoisotopic (exact) mass is 329 g/mol. The Morgan fingerprint density at radius 1 is 1.33 bits per heavy atom. The number of esters is 1. The molecule has 1 aliphatic carbocycles. The minimum Gasteiger partial charge on any atom is -0.453 e. The van der Waals surface area contributed by atoms with E-state index in [0.717, 1.165) is 12.8 Å². The van der Waals surface area contributed by atoms with Crippen molar-refractivity contribution in [1.82, 2.24) is 9.97 Å². The molecule has 7 heteroatoms. The summed E-state index contributed by atoms with van der Waals surface area (Å²) < 4.78 is 5.19. The molecule has 1 aromatic carbocycles. The molecule has 0 radical (unpaired) electrons. The van der Waals surface area contributed by atoms with Crippen LogP contribution in [-0.2, 0) is 14.3 Å². The first-order valence-corrected chi connectivity index (χ1v) is 7.90. The largest absolute Gasteiger partial charge is 0.453 e. The number of imidazole rings is 1. The molecular weight excluding hydrogens is 310 g/mol. The number of hydrogen-bond donors (Lipinski definition) is 3. The zero-order chi connectivity index (χ0) is 17.1. The van der Waals surface area contributed by atoms with Crippen molar-refractivity contribution in [2.24, 2.45) is 5.92 Å². The van der Waals surface area contributed by atoms with E-state index < -0.39 is 12.0 Å². The second kappa shape index (κ2) is 6.74. The smallest absolute Gasteiger partial charge is 0.323 e. The van der Waals surface area contributed by atoms with E-state index in [0.29, 0.717) is 23.1 Å². The maximum absolute atomic E-state index is 12.1. The Balaban J connectivity index is 1.57. The van der Waals surface area contributed by atoms with Crippen LogP contribution in [0.4, 0.5) is 5.69 Å². The Kier molecular flexibility index (Phi) is 4.50. The summed E-state index contributed by atoms with van der Waals surface area (Å²) in [7, 11) is 0. The Labute approximate surface area is 138 Å². The number of hydrogen-bond acceptors (Lipinski definition) is 4. The lowest BCUT2D eigenvalue weighted by Crippen LogP contribution is -2.30. The number of ether oxygens (including phenoxy) is 1. The lowest BCUT2D eigenvalue weighted by atomic mass is 10.1. The molecule has 3 rings (SSSR count). The van der Waals surface area contributed by atoms with Crippen LogP contribution in [0, 0.1) is 5.92 Å². The summed E-state index contributed by atoms with van der Waals surface area (Å²) in [4.78, 5) is 40.5. The van der Waals surface area contributed by atoms with Crippen molar-refractivity contribution in [2.45, 2.75) is 32.3 Å². The molecule has 126 valence electrons. The zero-order valence-corrected chi connectivity index (χ0v) is 13.3. The summed E-state index contributed by atoms with van der Waals surface area (Å²) in [5.74, 6) is -0.581. The third-order valence-electron chi connectivity index (χ3n) is 4.00. The zero-order valence-electron chi connectivity index (χ0n) is 13.3. The van der Waals surface area contributed by atoms with Gasteiger partial charge in [-0.25, -0.2) is 4.79 Å². The van der Waals surface area contributed by atoms with Gasteiger partial charge in [0.1, 0.15) is 0 Å². The van der Waals surface area contributed by atoms with Gasteiger partial charge in [0.25, 0.3) is 5.91 Å². The molecular formula is C17H19N3O4. The number of aromatic nitrogens is 2. The van der Waals surface area contributed by atoms with Gasteiger partial charge in [0.2, 0.25) is 0 Å². The van der Waals surface area contributed by atoms with Crippen LogP contribution in [0.3, 0.4) is 0 Å². The molecule has 0 saturated carbocycles. The normalized spacial score (nSPS) is 17.8. The van der Waals surface area contributed by atoms with Gasteiger partial charge in [-0.3, -0.25) is 9.59 Å². The quantitative estimate of drug-likeness (QED) is 0.577. The maximum Gasteiger partial charge on any atom is 0.323 e. The van der Waals surface area contributed by atoms with Gasteiger partial charge in [-0.15, -0.1) is 0 Å². The number of benzene rings is 1. The van der Waals surface area contributed by atoms with Crippen LogP contribution in [0.2, 0.25) is 0 Å². The van der Waals surface area contributed by atoms with Gasteiger partial charge < -0.3 is 20.0 Å². The maximum atomic E-state index is 12.1. The summed E-state index contributed by atoms with van der Waals surface area (Å²) in [5.41, 5.74) is 1.46. The fourth-order valence-corrected chi connectivity index (χ4v) is 2.73. The average Bonchev–Trinajstić information content (AvgIpc) is 3.14. The van der Waals surface area contributed by atoms with E-state index in [-0.39, 0.29) is 17.6 Å². The first kappa shape index (κ1) is 16.0. The van der Waals surface area contributed by atoms with Crippen LogP contribution in [0.5, 0.6) is 0 Å². The number of amides is 1. The van der Waals surface area contributed by atoms with Crippen LogP contribution in [-0.4, -0.2) is 27.9 Å². The van der Waals surface area contributed by atoms with Crippen molar-refractivity contribution in [3.8, 4) is 0 Å². The second-order valence-corrected chi connectivity index (χ2v) is 5.93. The van der Waals surface area contributed by atoms with Crippen molar-refractivity contribution in [1.29, 1.82) is 0 Å². The van der Waals surface area contributed by atoms with Gasteiger partial charge in [-0.05, 0) is 43.9 Å². The number of anilines is 1. The van der Waals surface area contributed by atoms with Gasteiger partial charge in [0, 0.05) is 5.69 Å². The lowest BCUT2D eigenvalue weighted by molar-refractivity contribution is -0.153. The molecule has 0 unspecified atom stereocenters. The number of nitrogens with one attached hydrogen (secondary N) is 3. The molecule has 3 N–H and O–H groups in total. The van der Waals surface area contributed by atoms with Gasteiger partial charge in [0.05, 0.1) is 17.5 Å². The van der Waals surface area contributed by atoms with Crippen molar-refractivity contribution in [3.05, 3.63) is 40.8 Å². The number of rotatable bonds is 5. The predicted molar refractivity (Wildman–Crippen MR) is 89.6 cm³/mol. The fourth-order valence-electron chi connectivity index (χ4n) is 2.73. The van der Waals surface area contributed by atoms with Crippen molar-refractivity contribution in [2.75, 3.05) is 5.32 Å². The molecule has 0 fully saturated rings. The fraction of sp³-hybridized carbons (Fsp3) is 0.353. The number of allylic oxidation sites excluding steroid dienone is 2. The summed E-state index contributed by atoms with van der Waals surface area (Å²) in [6.07, 6.45) is 5.41. The van der Waals surface area contributed by atoms with Crippen LogP contribution >= 0.6 is 0 Å². The Morgan fingerprint density at radius 3 is 2.88 bits per heavy atom. The third-order valence-corrected chi connectivity index (χ3v) is 4.00. The number of H-pyrrole nitrogens is 2. The molecule has 0 aliphatic heterocycles. The van der Waals surface area contributed by atoms with Crippen LogP contribution in [0.25, 0.3) is 11.0 Å². The van der Waals surface area contributed by atoms with E-state index in [1.807, 2.05) is 6.08 Å². The summed E-state index contributed by atoms with van der Waals surface area (Å²) in [5, 5.41) is 2.68. The lowest BCUT2D eigenvalue weighted by Gasteiger charge is -2.14. The number of fused-ring (bicyclic) bond motifs is 1. The number of aromatic amines is 2. The van der Waals surface area contributed by atoms with E-state index in [2.05, 4.69) is 21.4 Å². The average molecular weight is 329 g/mol. The molecule has 0 bridgehead atoms. The first-order chi connectivity index (χ1) is 11.5. The van der Waals surface area contributed by atoms with Crippen molar-refractivity contribution >= 4 is 28.6 Å². The predicted octanol–water partition coefficient (Wildman–Crippen LogP) is 2.08. The van der Waals surface area contributed by atoms with E-state index >= 15 is 0 Å². The van der Waals surface area contributed by atoms with E-state index in [1.165, 1.54) is 6.92 Å². The molecule has 0 saturated heterocycles. The molecule has 24 heavy (non-hydrogen) atoms. The highest BCUT2D eigenvalue weighted by Crippen LogP contribution is 2.21. The second-order valence-electron chi connectivity index (χ2n) is 5.93. The highest BCUT2D eigenvalue weighted by Gasteiger charge is 2.21. The van der Waals surface area contributed by atoms with Crippen LogP contribution in [0.1, 0.15) is 26.2 Å². The van der Waals surface area contributed by atoms with Crippen LogP contribution in [0.15, 0.2) is 35.1 Å². The summed E-state index contributed by atoms with van der Waals surface area (Å²) in [6, 6.07) is 5.00. The Bertz CT molecular complexity index is 849. The molecule has 1 aromatic heterocycles. The standard InChI is InChI=1S/C17H19N3O4/c1-10(24-15(21)8-11-4-2-3-5-11)16(22)18-12-6-7-13-14(9-12)20-17(23)19-13/h2,4,6-7,9-11H,3,5,8H2,1H3,(H,18,22)(H2,19,20,23)/t10-,11-/m0/s1. The highest BCUT2D eigenvalue weighted by atomic mass is 16.5. The number of carbonyl (C=O) groups is 2. The molecule has 1 heterocycles. The third kappa shape index (κ3) is 3.73. The van der Waals surface area contributed by atoms with Gasteiger partial charge in [0.15, 0.2) is 6.10 Å². The SMILES string of the molecule is C[C@H](OC(=O)C[C@H]1C=CCC1)C(=O)Nc1ccc2[nH]c(=O)[nH]c2c1. The van der Waals surface area contributed by atoms with E-state index in [9.17, 15) is 14.4 Å². The van der Waals surface area contributed by atoms with Gasteiger partial charge >= 0.3 is 11.7 Å². The minimum absolute atomic E-state index is 0.209. The Morgan fingerprint density at radius 2 is 2.12 bits per heavy atom. The topological polar surface area (TPSA) is 104 Å². The molecule has 0 spiro atoms. The molecule has 2 atom stereocenters. The van der Waals surface area contributed by atoms with Crippen molar-refractivity contribution in [3.63, 3.8) is 0 Å². The molecule has 7 nitrogen and oxygen atoms in total. The number of carbonyl (C=O) groups excluding carboxylic acids is 2. The molecule has 1 amide bonds. The summed E-state index contributed by atoms with van der Waals surface area (Å²) >= 11 is 0. The van der Waals surface area contributed by atoms with Gasteiger partial charge in [-0.1, -0.05) is 12.2 Å². The van der Waals surface area contributed by atoms with Crippen LogP contribution < -0.4 is 11.0 Å². The molecule has 1 aliphatic rings. The van der Waals surface area contributed by atoms with Gasteiger partial charge in [-0.2, -0.15) is 0 Å².